The van der Waals surface area contributed by atoms with Crippen molar-refractivity contribution in [3.8, 4) is 11.5 Å². The molecule has 2 aromatic carbocycles. The van der Waals surface area contributed by atoms with Gasteiger partial charge in [0.25, 0.3) is 5.91 Å². The number of rotatable bonds is 3. The van der Waals surface area contributed by atoms with Crippen LogP contribution in [0.5, 0.6) is 11.5 Å². The fourth-order valence-electron chi connectivity index (χ4n) is 4.84. The van der Waals surface area contributed by atoms with Gasteiger partial charge in [-0.05, 0) is 37.6 Å². The summed E-state index contributed by atoms with van der Waals surface area (Å²) in [7, 11) is 3.06. The highest BCUT2D eigenvalue weighted by atomic mass is 16.5. The number of urea groups is 1. The van der Waals surface area contributed by atoms with Crippen LogP contribution in [0.2, 0.25) is 0 Å². The van der Waals surface area contributed by atoms with Crippen molar-refractivity contribution in [2.75, 3.05) is 19.1 Å². The van der Waals surface area contributed by atoms with E-state index in [1.807, 2.05) is 32.0 Å². The van der Waals surface area contributed by atoms with Crippen LogP contribution >= 0.6 is 0 Å². The highest BCUT2D eigenvalue weighted by Crippen LogP contribution is 2.46. The summed E-state index contributed by atoms with van der Waals surface area (Å²) >= 11 is 0. The predicted molar refractivity (Wildman–Crippen MR) is 113 cm³/mol. The van der Waals surface area contributed by atoms with Crippen molar-refractivity contribution in [3.63, 3.8) is 0 Å². The minimum Gasteiger partial charge on any atom is -0.497 e. The van der Waals surface area contributed by atoms with E-state index in [1.54, 1.807) is 30.2 Å². The maximum atomic E-state index is 13.6. The molecule has 154 valence electrons. The SMILES string of the molecule is COc1ccc(OC)c(N2C(=O)[C@@H]3Cc4c([nH]c5ccccc45)C(C)(C)N3C2=O)c1. The molecule has 30 heavy (non-hydrogen) atoms. The van der Waals surface area contributed by atoms with Crippen LogP contribution in [-0.4, -0.2) is 42.1 Å². The topological polar surface area (TPSA) is 74.9 Å². The van der Waals surface area contributed by atoms with Crippen LogP contribution < -0.4 is 14.4 Å². The van der Waals surface area contributed by atoms with Gasteiger partial charge in [0.1, 0.15) is 17.5 Å². The molecule has 0 bridgehead atoms. The van der Waals surface area contributed by atoms with Crippen LogP contribution in [0.25, 0.3) is 10.9 Å². The first-order valence-electron chi connectivity index (χ1n) is 9.88. The lowest BCUT2D eigenvalue weighted by Gasteiger charge is -2.42. The number of aromatic amines is 1. The predicted octanol–water partition coefficient (Wildman–Crippen LogP) is 3.81. The quantitative estimate of drug-likeness (QED) is 0.673. The molecule has 5 rings (SSSR count). The Bertz CT molecular complexity index is 1200. The molecule has 3 aromatic rings. The van der Waals surface area contributed by atoms with Gasteiger partial charge in [0.05, 0.1) is 25.4 Å². The van der Waals surface area contributed by atoms with Crippen LogP contribution in [0.3, 0.4) is 0 Å². The van der Waals surface area contributed by atoms with E-state index in [9.17, 15) is 9.59 Å². The zero-order valence-electron chi connectivity index (χ0n) is 17.4. The largest absolute Gasteiger partial charge is 0.497 e. The Morgan fingerprint density at radius 2 is 1.83 bits per heavy atom. The number of amides is 3. The summed E-state index contributed by atoms with van der Waals surface area (Å²) in [6.07, 6.45) is 0.468. The number of hydrogen-bond acceptors (Lipinski definition) is 4. The number of nitrogens with zero attached hydrogens (tertiary/aromatic N) is 2. The number of carbonyl (C=O) groups excluding carboxylic acids is 2. The van der Waals surface area contributed by atoms with Gasteiger partial charge in [0.15, 0.2) is 0 Å². The number of anilines is 1. The van der Waals surface area contributed by atoms with Crippen molar-refractivity contribution < 1.29 is 19.1 Å². The van der Waals surface area contributed by atoms with Gasteiger partial charge in [0, 0.05) is 29.1 Å². The third-order valence-corrected chi connectivity index (χ3v) is 6.27. The van der Waals surface area contributed by atoms with E-state index in [0.717, 1.165) is 22.2 Å². The molecule has 2 aliphatic rings. The monoisotopic (exact) mass is 405 g/mol. The molecule has 3 amide bonds. The Hall–Kier alpha value is -3.48. The summed E-state index contributed by atoms with van der Waals surface area (Å²) in [5, 5.41) is 1.10. The minimum atomic E-state index is -0.676. The normalized spacial score (nSPS) is 19.8. The first-order chi connectivity index (χ1) is 14.4. The van der Waals surface area contributed by atoms with Gasteiger partial charge < -0.3 is 19.4 Å². The van der Waals surface area contributed by atoms with E-state index in [0.29, 0.717) is 23.6 Å². The van der Waals surface area contributed by atoms with Gasteiger partial charge in [-0.2, -0.15) is 0 Å². The van der Waals surface area contributed by atoms with Crippen LogP contribution in [0.15, 0.2) is 42.5 Å². The molecular weight excluding hydrogens is 382 g/mol. The van der Waals surface area contributed by atoms with Crippen molar-refractivity contribution in [3.05, 3.63) is 53.7 Å². The Balaban J connectivity index is 1.65. The fraction of sp³-hybridized carbons (Fsp3) is 0.304. The van der Waals surface area contributed by atoms with Gasteiger partial charge in [-0.15, -0.1) is 0 Å². The van der Waals surface area contributed by atoms with E-state index < -0.39 is 11.6 Å². The number of methoxy groups -OCH3 is 2. The molecule has 7 nitrogen and oxygen atoms in total. The molecule has 2 aliphatic heterocycles. The highest BCUT2D eigenvalue weighted by molar-refractivity contribution is 6.22. The van der Waals surface area contributed by atoms with Crippen LogP contribution in [0, 0.1) is 0 Å². The zero-order chi connectivity index (χ0) is 21.2. The maximum absolute atomic E-state index is 13.6. The Labute approximate surface area is 174 Å². The highest BCUT2D eigenvalue weighted by Gasteiger charge is 2.56. The third-order valence-electron chi connectivity index (χ3n) is 6.27. The van der Waals surface area contributed by atoms with E-state index in [1.165, 1.54) is 12.0 Å². The molecule has 1 saturated heterocycles. The van der Waals surface area contributed by atoms with Gasteiger partial charge in [-0.1, -0.05) is 18.2 Å². The van der Waals surface area contributed by atoms with E-state index >= 15 is 0 Å². The van der Waals surface area contributed by atoms with Gasteiger partial charge in [0.2, 0.25) is 0 Å². The standard InChI is InChI=1S/C23H23N3O4/c1-23(2)20-15(14-7-5-6-8-16(14)24-20)12-18-21(27)25(22(28)26(18)23)17-11-13(29-3)9-10-19(17)30-4/h5-11,18,24H,12H2,1-4H3/t18-/m0/s1. The van der Waals surface area contributed by atoms with Crippen LogP contribution in [0.1, 0.15) is 25.1 Å². The van der Waals surface area contributed by atoms with E-state index in [4.69, 9.17) is 9.47 Å². The lowest BCUT2D eigenvalue weighted by molar-refractivity contribution is -0.121. The van der Waals surface area contributed by atoms with E-state index in [-0.39, 0.29) is 11.9 Å². The number of H-pyrrole nitrogens is 1. The molecular formula is C23H23N3O4. The first-order valence-corrected chi connectivity index (χ1v) is 9.88. The second kappa shape index (κ2) is 6.26. The fourth-order valence-corrected chi connectivity index (χ4v) is 4.84. The van der Waals surface area contributed by atoms with Crippen molar-refractivity contribution in [2.24, 2.45) is 0 Å². The number of nitrogens with one attached hydrogen (secondary N) is 1. The first kappa shape index (κ1) is 18.5. The van der Waals surface area contributed by atoms with Gasteiger partial charge >= 0.3 is 6.03 Å². The summed E-state index contributed by atoms with van der Waals surface area (Å²) in [4.78, 5) is 33.5. The van der Waals surface area contributed by atoms with Crippen molar-refractivity contribution in [1.82, 2.24) is 9.88 Å². The van der Waals surface area contributed by atoms with Crippen LogP contribution in [0.4, 0.5) is 10.5 Å². The molecule has 0 saturated carbocycles. The molecule has 1 atom stereocenters. The number of aromatic nitrogens is 1. The second-order valence-electron chi connectivity index (χ2n) is 8.17. The second-order valence-corrected chi connectivity index (χ2v) is 8.17. The lowest BCUT2D eigenvalue weighted by Crippen LogP contribution is -2.52. The van der Waals surface area contributed by atoms with Crippen molar-refractivity contribution >= 4 is 28.5 Å². The summed E-state index contributed by atoms with van der Waals surface area (Å²) in [5.74, 6) is 0.737. The molecule has 0 radical (unpaired) electrons. The van der Waals surface area contributed by atoms with Crippen LogP contribution in [-0.2, 0) is 16.8 Å². The van der Waals surface area contributed by atoms with Crippen molar-refractivity contribution in [2.45, 2.75) is 31.8 Å². The number of ether oxygens (including phenoxy) is 2. The number of para-hydroxylation sites is 1. The summed E-state index contributed by atoms with van der Waals surface area (Å²) in [6.45, 7) is 3.95. The molecule has 1 aromatic heterocycles. The maximum Gasteiger partial charge on any atom is 0.333 e. The number of benzene rings is 2. The number of carbonyl (C=O) groups is 2. The zero-order valence-corrected chi connectivity index (χ0v) is 17.4. The van der Waals surface area contributed by atoms with Crippen molar-refractivity contribution in [1.29, 1.82) is 0 Å². The molecule has 1 N–H and O–H groups in total. The lowest BCUT2D eigenvalue weighted by atomic mass is 9.85. The average molecular weight is 405 g/mol. The molecule has 0 unspecified atom stereocenters. The molecule has 0 aliphatic carbocycles. The molecule has 3 heterocycles. The van der Waals surface area contributed by atoms with Gasteiger partial charge in [-0.25, -0.2) is 9.69 Å². The number of fused-ring (bicyclic) bond motifs is 4. The molecule has 1 fully saturated rings. The Morgan fingerprint density at radius 1 is 1.07 bits per heavy atom. The third kappa shape index (κ3) is 2.32. The Morgan fingerprint density at radius 3 is 2.57 bits per heavy atom. The summed E-state index contributed by atoms with van der Waals surface area (Å²) in [6, 6.07) is 12.2. The van der Waals surface area contributed by atoms with E-state index in [2.05, 4.69) is 11.1 Å². The summed E-state index contributed by atoms with van der Waals surface area (Å²) in [5.41, 5.74) is 2.80. The number of imide groups is 1. The number of hydrogen-bond donors (Lipinski definition) is 1. The molecule has 7 heteroatoms. The average Bonchev–Trinajstić information content (AvgIpc) is 3.24. The summed E-state index contributed by atoms with van der Waals surface area (Å²) < 4.78 is 10.7. The molecule has 0 spiro atoms. The smallest absolute Gasteiger partial charge is 0.333 e. The minimum absolute atomic E-state index is 0.254. The van der Waals surface area contributed by atoms with Gasteiger partial charge in [-0.3, -0.25) is 4.79 Å². The Kier molecular flexibility index (Phi) is 3.87.